The van der Waals surface area contributed by atoms with Crippen molar-refractivity contribution in [2.45, 2.75) is 38.3 Å². The summed E-state index contributed by atoms with van der Waals surface area (Å²) in [6.07, 6.45) is 2.78. The molecule has 1 unspecified atom stereocenters. The van der Waals surface area contributed by atoms with Gasteiger partial charge in [0.15, 0.2) is 0 Å². The van der Waals surface area contributed by atoms with Gasteiger partial charge in [-0.15, -0.1) is 0 Å². The molecule has 1 saturated heterocycles. The van der Waals surface area contributed by atoms with Gasteiger partial charge in [0, 0.05) is 11.1 Å². The van der Waals surface area contributed by atoms with Gasteiger partial charge in [0.2, 0.25) is 5.91 Å². The zero-order chi connectivity index (χ0) is 13.0. The van der Waals surface area contributed by atoms with E-state index < -0.39 is 0 Å². The maximum atomic E-state index is 11.9. The van der Waals surface area contributed by atoms with Crippen LogP contribution in [0.2, 0.25) is 5.02 Å². The van der Waals surface area contributed by atoms with Gasteiger partial charge < -0.3 is 10.6 Å². The number of halogens is 1. The molecule has 0 spiro atoms. The molecule has 1 aliphatic rings. The molecule has 2 N–H and O–H groups in total. The highest BCUT2D eigenvalue weighted by Crippen LogP contribution is 2.16. The summed E-state index contributed by atoms with van der Waals surface area (Å²) in [6, 6.07) is 7.84. The monoisotopic (exact) mass is 266 g/mol. The van der Waals surface area contributed by atoms with Crippen LogP contribution in [0.4, 0.5) is 0 Å². The normalized spacial score (nSPS) is 20.7. The van der Waals surface area contributed by atoms with Crippen LogP contribution in [0.5, 0.6) is 0 Å². The fraction of sp³-hybridized carbons (Fsp3) is 0.500. The van der Waals surface area contributed by atoms with Crippen molar-refractivity contribution in [3.8, 4) is 0 Å². The third-order valence-corrected chi connectivity index (χ3v) is 3.62. The van der Waals surface area contributed by atoms with E-state index in [4.69, 9.17) is 11.6 Å². The number of rotatable bonds is 4. The van der Waals surface area contributed by atoms with Gasteiger partial charge in [-0.2, -0.15) is 0 Å². The summed E-state index contributed by atoms with van der Waals surface area (Å²) in [5.41, 5.74) is 1.08. The van der Waals surface area contributed by atoms with E-state index in [1.807, 2.05) is 31.2 Å². The van der Waals surface area contributed by atoms with Crippen molar-refractivity contribution in [1.29, 1.82) is 0 Å². The van der Waals surface area contributed by atoms with Crippen molar-refractivity contribution in [1.82, 2.24) is 10.6 Å². The molecule has 1 amide bonds. The molecule has 3 nitrogen and oxygen atoms in total. The van der Waals surface area contributed by atoms with Gasteiger partial charge >= 0.3 is 0 Å². The molecule has 1 fully saturated rings. The molecule has 0 aromatic heterocycles. The van der Waals surface area contributed by atoms with E-state index in [0.717, 1.165) is 36.4 Å². The summed E-state index contributed by atoms with van der Waals surface area (Å²) in [7, 11) is 0. The Bertz CT molecular complexity index is 416. The zero-order valence-corrected chi connectivity index (χ0v) is 11.3. The number of hydrogen-bond donors (Lipinski definition) is 2. The van der Waals surface area contributed by atoms with Crippen LogP contribution in [-0.4, -0.2) is 24.5 Å². The number of amides is 1. The van der Waals surface area contributed by atoms with Crippen LogP contribution in [0.25, 0.3) is 0 Å². The Morgan fingerprint density at radius 1 is 1.56 bits per heavy atom. The van der Waals surface area contributed by atoms with Crippen LogP contribution in [0.1, 0.15) is 25.3 Å². The second-order valence-electron chi connectivity index (χ2n) is 4.85. The van der Waals surface area contributed by atoms with Crippen molar-refractivity contribution in [2.24, 2.45) is 0 Å². The Morgan fingerprint density at radius 3 is 3.00 bits per heavy atom. The molecule has 0 aliphatic carbocycles. The van der Waals surface area contributed by atoms with Gasteiger partial charge in [0.25, 0.3) is 0 Å². The zero-order valence-electron chi connectivity index (χ0n) is 10.6. The Morgan fingerprint density at radius 2 is 2.33 bits per heavy atom. The fourth-order valence-corrected chi connectivity index (χ4v) is 2.51. The first kappa shape index (κ1) is 13.4. The molecule has 18 heavy (non-hydrogen) atoms. The first-order chi connectivity index (χ1) is 8.66. The predicted octanol–water partition coefficient (Wildman–Crippen LogP) is 2.14. The van der Waals surface area contributed by atoms with E-state index in [9.17, 15) is 4.79 Å². The fourth-order valence-electron chi connectivity index (χ4n) is 2.30. The van der Waals surface area contributed by atoms with Crippen molar-refractivity contribution in [2.75, 3.05) is 6.54 Å². The first-order valence-electron chi connectivity index (χ1n) is 6.44. The number of carbonyl (C=O) groups excluding carboxylic acids is 1. The summed E-state index contributed by atoms with van der Waals surface area (Å²) in [5.74, 6) is 0.104. The number of hydrogen-bond acceptors (Lipinski definition) is 2. The number of benzene rings is 1. The molecule has 0 bridgehead atoms. The van der Waals surface area contributed by atoms with Gasteiger partial charge in [-0.05, 0) is 44.4 Å². The van der Waals surface area contributed by atoms with E-state index in [1.165, 1.54) is 0 Å². The van der Waals surface area contributed by atoms with Crippen molar-refractivity contribution in [3.63, 3.8) is 0 Å². The molecule has 1 heterocycles. The summed E-state index contributed by atoms with van der Waals surface area (Å²) in [5, 5.41) is 7.00. The number of carbonyl (C=O) groups is 1. The lowest BCUT2D eigenvalue weighted by atomic mass is 10.1. The third kappa shape index (κ3) is 3.47. The lowest BCUT2D eigenvalue weighted by Crippen LogP contribution is -2.44. The molecule has 2 atom stereocenters. The van der Waals surface area contributed by atoms with Crippen molar-refractivity contribution < 1.29 is 4.79 Å². The van der Waals surface area contributed by atoms with Gasteiger partial charge in [0.05, 0.1) is 6.04 Å². The molecule has 0 saturated carbocycles. The molecule has 1 aliphatic heterocycles. The molecule has 4 heteroatoms. The average Bonchev–Trinajstić information content (AvgIpc) is 2.85. The van der Waals surface area contributed by atoms with Crippen LogP contribution in [0, 0.1) is 0 Å². The highest BCUT2D eigenvalue weighted by molar-refractivity contribution is 6.31. The molecule has 2 rings (SSSR count). The van der Waals surface area contributed by atoms with E-state index in [2.05, 4.69) is 10.6 Å². The maximum absolute atomic E-state index is 11.9. The molecule has 1 aromatic rings. The standard InChI is InChI=1S/C14H19ClN2O/c1-10(9-11-5-2-3-6-12(11)15)17-14(18)13-7-4-8-16-13/h2-3,5-6,10,13,16H,4,7-9H2,1H3,(H,17,18)/t10?,13-/m0/s1. The Labute approximate surface area is 113 Å². The molecule has 98 valence electrons. The Kier molecular flexibility index (Phi) is 4.61. The SMILES string of the molecule is CC(Cc1ccccc1Cl)NC(=O)[C@@H]1CCCN1. The predicted molar refractivity (Wildman–Crippen MR) is 73.8 cm³/mol. The van der Waals surface area contributed by atoms with Gasteiger partial charge in [0.1, 0.15) is 0 Å². The van der Waals surface area contributed by atoms with E-state index >= 15 is 0 Å². The second-order valence-corrected chi connectivity index (χ2v) is 5.26. The number of nitrogens with one attached hydrogen (secondary N) is 2. The summed E-state index contributed by atoms with van der Waals surface area (Å²) in [4.78, 5) is 11.9. The van der Waals surface area contributed by atoms with Crippen LogP contribution < -0.4 is 10.6 Å². The Balaban J connectivity index is 1.86. The average molecular weight is 267 g/mol. The minimum atomic E-state index is -0.0151. The van der Waals surface area contributed by atoms with Gasteiger partial charge in [-0.1, -0.05) is 29.8 Å². The molecular formula is C14H19ClN2O. The largest absolute Gasteiger partial charge is 0.352 e. The molecule has 1 aromatic carbocycles. The highest BCUT2D eigenvalue weighted by Gasteiger charge is 2.23. The third-order valence-electron chi connectivity index (χ3n) is 3.25. The topological polar surface area (TPSA) is 41.1 Å². The van der Waals surface area contributed by atoms with E-state index in [1.54, 1.807) is 0 Å². The van der Waals surface area contributed by atoms with Gasteiger partial charge in [-0.3, -0.25) is 4.79 Å². The molecule has 0 radical (unpaired) electrons. The van der Waals surface area contributed by atoms with Crippen LogP contribution >= 0.6 is 11.6 Å². The minimum absolute atomic E-state index is 0.0151. The van der Waals surface area contributed by atoms with Crippen molar-refractivity contribution in [3.05, 3.63) is 34.9 Å². The van der Waals surface area contributed by atoms with E-state index in [0.29, 0.717) is 0 Å². The van der Waals surface area contributed by atoms with Crippen molar-refractivity contribution >= 4 is 17.5 Å². The highest BCUT2D eigenvalue weighted by atomic mass is 35.5. The summed E-state index contributed by atoms with van der Waals surface area (Å²) in [6.45, 7) is 2.95. The van der Waals surface area contributed by atoms with Crippen LogP contribution in [-0.2, 0) is 11.2 Å². The smallest absolute Gasteiger partial charge is 0.237 e. The lowest BCUT2D eigenvalue weighted by molar-refractivity contribution is -0.123. The van der Waals surface area contributed by atoms with Crippen LogP contribution in [0.15, 0.2) is 24.3 Å². The summed E-state index contributed by atoms with van der Waals surface area (Å²) >= 11 is 6.11. The van der Waals surface area contributed by atoms with Crippen LogP contribution in [0.3, 0.4) is 0 Å². The first-order valence-corrected chi connectivity index (χ1v) is 6.82. The Hall–Kier alpha value is -1.06. The van der Waals surface area contributed by atoms with E-state index in [-0.39, 0.29) is 18.0 Å². The second kappa shape index (κ2) is 6.21. The quantitative estimate of drug-likeness (QED) is 0.877. The molecular weight excluding hydrogens is 248 g/mol. The van der Waals surface area contributed by atoms with Gasteiger partial charge in [-0.25, -0.2) is 0 Å². The maximum Gasteiger partial charge on any atom is 0.237 e. The minimum Gasteiger partial charge on any atom is -0.352 e. The lowest BCUT2D eigenvalue weighted by Gasteiger charge is -2.17. The summed E-state index contributed by atoms with van der Waals surface area (Å²) < 4.78 is 0.